The van der Waals surface area contributed by atoms with Gasteiger partial charge < -0.3 is 10.6 Å². The molecule has 0 saturated heterocycles. The molecule has 0 aliphatic heterocycles. The largest absolute Gasteiger partial charge is 0.348 e. The fraction of sp³-hybridized carbons (Fsp3) is 0.115. The highest BCUT2D eigenvalue weighted by atomic mass is 35.5. The normalized spacial score (nSPS) is 10.6. The summed E-state index contributed by atoms with van der Waals surface area (Å²) in [5.74, 6) is -0.126. The van der Waals surface area contributed by atoms with E-state index in [1.165, 1.54) is 11.8 Å². The number of nitrogens with one attached hydrogen (secondary N) is 2. The van der Waals surface area contributed by atoms with Crippen LogP contribution in [0.5, 0.6) is 0 Å². The average Bonchev–Trinajstić information content (AvgIpc) is 3.32. The Morgan fingerprint density at radius 3 is 2.53 bits per heavy atom. The summed E-state index contributed by atoms with van der Waals surface area (Å²) in [4.78, 5) is 29.2. The first-order valence-electron chi connectivity index (χ1n) is 10.6. The van der Waals surface area contributed by atoms with Crippen molar-refractivity contribution in [2.75, 3.05) is 11.1 Å². The summed E-state index contributed by atoms with van der Waals surface area (Å²) in [6.07, 6.45) is 3.50. The minimum Gasteiger partial charge on any atom is -0.348 e. The van der Waals surface area contributed by atoms with Gasteiger partial charge in [0.15, 0.2) is 5.16 Å². The van der Waals surface area contributed by atoms with Gasteiger partial charge in [-0.2, -0.15) is 0 Å². The monoisotopic (exact) mass is 490 g/mol. The second kappa shape index (κ2) is 11.0. The number of hydrogen-bond acceptors (Lipinski definition) is 4. The standard InChI is InChI=1S/C26H23ClN4O2S/c1-18-7-12-23(22(27)15-18)30-24(32)17-34-26-28-13-14-31(26)21-10-8-20(9-11-21)25(33)29-16-19-5-3-2-4-6-19/h2-15H,16-17H2,1H3,(H,29,33)(H,30,32). The SMILES string of the molecule is Cc1ccc(NC(=O)CSc2nccn2-c2ccc(C(=O)NCc3ccccc3)cc2)c(Cl)c1. The van der Waals surface area contributed by atoms with Crippen molar-refractivity contribution in [1.29, 1.82) is 0 Å². The summed E-state index contributed by atoms with van der Waals surface area (Å²) in [7, 11) is 0. The van der Waals surface area contributed by atoms with Crippen LogP contribution in [0.4, 0.5) is 5.69 Å². The Balaban J connectivity index is 1.35. The Bertz CT molecular complexity index is 1290. The molecule has 0 radical (unpaired) electrons. The molecule has 172 valence electrons. The maximum atomic E-state index is 12.5. The van der Waals surface area contributed by atoms with E-state index in [4.69, 9.17) is 11.6 Å². The maximum Gasteiger partial charge on any atom is 0.251 e. The zero-order valence-corrected chi connectivity index (χ0v) is 20.1. The van der Waals surface area contributed by atoms with Gasteiger partial charge >= 0.3 is 0 Å². The van der Waals surface area contributed by atoms with Crippen molar-refractivity contribution in [3.05, 3.63) is 107 Å². The van der Waals surface area contributed by atoms with Crippen molar-refractivity contribution in [2.24, 2.45) is 0 Å². The molecule has 2 N–H and O–H groups in total. The summed E-state index contributed by atoms with van der Waals surface area (Å²) >= 11 is 7.52. The van der Waals surface area contributed by atoms with Gasteiger partial charge in [0.2, 0.25) is 5.91 Å². The van der Waals surface area contributed by atoms with Crippen molar-refractivity contribution < 1.29 is 9.59 Å². The molecule has 0 unspecified atom stereocenters. The van der Waals surface area contributed by atoms with Gasteiger partial charge in [0.05, 0.1) is 16.5 Å². The zero-order valence-electron chi connectivity index (χ0n) is 18.5. The van der Waals surface area contributed by atoms with Crippen LogP contribution in [-0.4, -0.2) is 27.1 Å². The molecule has 0 fully saturated rings. The molecule has 0 atom stereocenters. The number of carbonyl (C=O) groups is 2. The molecule has 0 saturated carbocycles. The van der Waals surface area contributed by atoms with Gasteiger partial charge in [-0.3, -0.25) is 14.2 Å². The first-order chi connectivity index (χ1) is 16.5. The third kappa shape index (κ3) is 6.07. The van der Waals surface area contributed by atoms with Crippen molar-refractivity contribution in [1.82, 2.24) is 14.9 Å². The predicted molar refractivity (Wildman–Crippen MR) is 137 cm³/mol. The molecule has 4 rings (SSSR count). The lowest BCUT2D eigenvalue weighted by Crippen LogP contribution is -2.22. The van der Waals surface area contributed by atoms with E-state index in [1.54, 1.807) is 24.4 Å². The van der Waals surface area contributed by atoms with Crippen LogP contribution in [0.15, 0.2) is 90.3 Å². The van der Waals surface area contributed by atoms with E-state index in [0.717, 1.165) is 16.8 Å². The Morgan fingerprint density at radius 2 is 1.79 bits per heavy atom. The van der Waals surface area contributed by atoms with Crippen molar-refractivity contribution in [3.8, 4) is 5.69 Å². The number of imidazole rings is 1. The molecule has 6 nitrogen and oxygen atoms in total. The van der Waals surface area contributed by atoms with Crippen molar-refractivity contribution >= 4 is 40.9 Å². The topological polar surface area (TPSA) is 76.0 Å². The molecule has 0 aliphatic carbocycles. The van der Waals surface area contributed by atoms with Crippen LogP contribution in [0, 0.1) is 6.92 Å². The van der Waals surface area contributed by atoms with E-state index in [1.807, 2.05) is 72.3 Å². The first kappa shape index (κ1) is 23.6. The fourth-order valence-corrected chi connectivity index (χ4v) is 4.34. The van der Waals surface area contributed by atoms with Crippen LogP contribution in [0.2, 0.25) is 5.02 Å². The van der Waals surface area contributed by atoms with Crippen LogP contribution in [0.1, 0.15) is 21.5 Å². The number of aromatic nitrogens is 2. The summed E-state index contributed by atoms with van der Waals surface area (Å²) in [6, 6.07) is 22.5. The highest BCUT2D eigenvalue weighted by molar-refractivity contribution is 7.99. The summed E-state index contributed by atoms with van der Waals surface area (Å²) in [5.41, 5.74) is 4.08. The van der Waals surface area contributed by atoms with Gasteiger partial charge in [0.1, 0.15) is 0 Å². The Morgan fingerprint density at radius 1 is 1.03 bits per heavy atom. The fourth-order valence-electron chi connectivity index (χ4n) is 3.28. The highest BCUT2D eigenvalue weighted by Crippen LogP contribution is 2.24. The van der Waals surface area contributed by atoms with Crippen LogP contribution in [0.25, 0.3) is 5.69 Å². The van der Waals surface area contributed by atoms with Crippen LogP contribution >= 0.6 is 23.4 Å². The van der Waals surface area contributed by atoms with Crippen molar-refractivity contribution in [2.45, 2.75) is 18.6 Å². The highest BCUT2D eigenvalue weighted by Gasteiger charge is 2.12. The lowest BCUT2D eigenvalue weighted by atomic mass is 10.1. The molecule has 1 heterocycles. The van der Waals surface area contributed by atoms with E-state index in [-0.39, 0.29) is 17.6 Å². The Kier molecular flexibility index (Phi) is 7.67. The second-order valence-corrected chi connectivity index (χ2v) is 8.96. The summed E-state index contributed by atoms with van der Waals surface area (Å²) < 4.78 is 1.88. The third-order valence-electron chi connectivity index (χ3n) is 5.04. The van der Waals surface area contributed by atoms with Gasteiger partial charge in [-0.05, 0) is 54.4 Å². The number of rotatable bonds is 8. The minimum atomic E-state index is -0.171. The molecule has 0 aliphatic rings. The molecule has 8 heteroatoms. The van der Waals surface area contributed by atoms with Gasteiger partial charge in [-0.25, -0.2) is 4.98 Å². The molecule has 3 aromatic carbocycles. The van der Waals surface area contributed by atoms with E-state index in [9.17, 15) is 9.59 Å². The van der Waals surface area contributed by atoms with E-state index in [2.05, 4.69) is 15.6 Å². The second-order valence-electron chi connectivity index (χ2n) is 7.62. The molecule has 4 aromatic rings. The van der Waals surface area contributed by atoms with Gasteiger partial charge in [0, 0.05) is 30.2 Å². The molecule has 1 aromatic heterocycles. The van der Waals surface area contributed by atoms with E-state index < -0.39 is 0 Å². The lowest BCUT2D eigenvalue weighted by Gasteiger charge is -2.10. The number of nitrogens with zero attached hydrogens (tertiary/aromatic N) is 2. The number of aryl methyl sites for hydroxylation is 1. The number of hydrogen-bond donors (Lipinski definition) is 2. The van der Waals surface area contributed by atoms with Crippen LogP contribution in [-0.2, 0) is 11.3 Å². The molecular weight excluding hydrogens is 468 g/mol. The number of halogens is 1. The van der Waals surface area contributed by atoms with Crippen molar-refractivity contribution in [3.63, 3.8) is 0 Å². The smallest absolute Gasteiger partial charge is 0.251 e. The van der Waals surface area contributed by atoms with Gasteiger partial charge in [-0.1, -0.05) is 59.8 Å². The third-order valence-corrected chi connectivity index (χ3v) is 6.32. The van der Waals surface area contributed by atoms with Gasteiger partial charge in [-0.15, -0.1) is 0 Å². The number of anilines is 1. The summed E-state index contributed by atoms with van der Waals surface area (Å²) in [5, 5.41) is 6.93. The molecular formula is C26H23ClN4O2S. The zero-order chi connectivity index (χ0) is 23.9. The Labute approximate surface area is 207 Å². The molecule has 2 amide bonds. The van der Waals surface area contributed by atoms with E-state index >= 15 is 0 Å². The Hall–Kier alpha value is -3.55. The first-order valence-corrected chi connectivity index (χ1v) is 12.0. The van der Waals surface area contributed by atoms with Gasteiger partial charge in [0.25, 0.3) is 5.91 Å². The lowest BCUT2D eigenvalue weighted by molar-refractivity contribution is -0.113. The summed E-state index contributed by atoms with van der Waals surface area (Å²) in [6.45, 7) is 2.41. The molecule has 34 heavy (non-hydrogen) atoms. The molecule has 0 spiro atoms. The van der Waals surface area contributed by atoms with Crippen LogP contribution in [0.3, 0.4) is 0 Å². The number of amides is 2. The number of carbonyl (C=O) groups excluding carboxylic acids is 2. The number of thioether (sulfide) groups is 1. The maximum absolute atomic E-state index is 12.5. The number of benzene rings is 3. The predicted octanol–water partition coefficient (Wildman–Crippen LogP) is 5.49. The van der Waals surface area contributed by atoms with Crippen LogP contribution < -0.4 is 10.6 Å². The quantitative estimate of drug-likeness (QED) is 0.320. The molecule has 0 bridgehead atoms. The van der Waals surface area contributed by atoms with E-state index in [0.29, 0.717) is 28.0 Å². The minimum absolute atomic E-state index is 0.137. The average molecular weight is 491 g/mol.